The second kappa shape index (κ2) is 6.00. The SMILES string of the molecule is CNCc1n[nH]c(C)c1S(=O)(=O)N(C)Cc1cscn1. The van der Waals surface area contributed by atoms with E-state index in [9.17, 15) is 8.42 Å². The van der Waals surface area contributed by atoms with Gasteiger partial charge in [-0.3, -0.25) is 5.10 Å². The van der Waals surface area contributed by atoms with E-state index in [0.717, 1.165) is 5.69 Å². The van der Waals surface area contributed by atoms with Crippen LogP contribution in [0.15, 0.2) is 15.8 Å². The first kappa shape index (κ1) is 15.1. The lowest BCUT2D eigenvalue weighted by molar-refractivity contribution is 0.461. The number of aromatic nitrogens is 3. The zero-order valence-electron chi connectivity index (χ0n) is 11.5. The van der Waals surface area contributed by atoms with E-state index < -0.39 is 10.0 Å². The van der Waals surface area contributed by atoms with Gasteiger partial charge >= 0.3 is 0 Å². The predicted octanol–water partition coefficient (Wildman–Crippen LogP) is 0.715. The fourth-order valence-corrected chi connectivity index (χ4v) is 3.90. The van der Waals surface area contributed by atoms with Crippen LogP contribution in [-0.2, 0) is 23.1 Å². The van der Waals surface area contributed by atoms with Crippen molar-refractivity contribution in [2.45, 2.75) is 24.9 Å². The van der Waals surface area contributed by atoms with Crippen LogP contribution in [0.5, 0.6) is 0 Å². The van der Waals surface area contributed by atoms with Crippen molar-refractivity contribution >= 4 is 21.4 Å². The molecular formula is C11H17N5O2S2. The van der Waals surface area contributed by atoms with Gasteiger partial charge in [0.15, 0.2) is 0 Å². The summed E-state index contributed by atoms with van der Waals surface area (Å²) in [7, 11) is -0.296. The molecule has 0 bridgehead atoms. The maximum Gasteiger partial charge on any atom is 0.246 e. The Balaban J connectivity index is 2.32. The first-order valence-corrected chi connectivity index (χ1v) is 8.37. The molecule has 0 aliphatic heterocycles. The summed E-state index contributed by atoms with van der Waals surface area (Å²) in [5.41, 5.74) is 3.46. The van der Waals surface area contributed by atoms with E-state index >= 15 is 0 Å². The highest BCUT2D eigenvalue weighted by atomic mass is 32.2. The number of thiazole rings is 1. The number of sulfonamides is 1. The van der Waals surface area contributed by atoms with E-state index in [1.54, 1.807) is 26.5 Å². The molecule has 0 amide bonds. The molecule has 2 aromatic rings. The van der Waals surface area contributed by atoms with Crippen molar-refractivity contribution in [1.82, 2.24) is 24.8 Å². The number of H-pyrrole nitrogens is 1. The van der Waals surface area contributed by atoms with Gasteiger partial charge in [0.2, 0.25) is 10.0 Å². The predicted molar refractivity (Wildman–Crippen MR) is 76.9 cm³/mol. The molecule has 0 aliphatic carbocycles. The molecule has 2 aromatic heterocycles. The van der Waals surface area contributed by atoms with Crippen LogP contribution >= 0.6 is 11.3 Å². The molecule has 0 unspecified atom stereocenters. The molecule has 0 aromatic carbocycles. The van der Waals surface area contributed by atoms with Crippen molar-refractivity contribution < 1.29 is 8.42 Å². The minimum absolute atomic E-state index is 0.240. The summed E-state index contributed by atoms with van der Waals surface area (Å²) in [5, 5.41) is 11.5. The molecule has 0 aliphatic rings. The zero-order valence-corrected chi connectivity index (χ0v) is 13.2. The summed E-state index contributed by atoms with van der Waals surface area (Å²) in [6.07, 6.45) is 0. The van der Waals surface area contributed by atoms with Gasteiger partial charge in [0.05, 0.1) is 29.1 Å². The molecular weight excluding hydrogens is 298 g/mol. The first-order chi connectivity index (χ1) is 9.46. The van der Waals surface area contributed by atoms with Crippen LogP contribution in [0.25, 0.3) is 0 Å². The molecule has 2 N–H and O–H groups in total. The number of aromatic amines is 1. The largest absolute Gasteiger partial charge is 0.314 e. The second-order valence-corrected chi connectivity index (χ2v) is 7.10. The second-order valence-electron chi connectivity index (χ2n) is 4.40. The van der Waals surface area contributed by atoms with E-state index in [1.807, 2.05) is 5.38 Å². The van der Waals surface area contributed by atoms with Gasteiger partial charge in [-0.2, -0.15) is 9.40 Å². The molecule has 110 valence electrons. The van der Waals surface area contributed by atoms with Crippen LogP contribution in [0.2, 0.25) is 0 Å². The van der Waals surface area contributed by atoms with Gasteiger partial charge < -0.3 is 5.32 Å². The fraction of sp³-hybridized carbons (Fsp3) is 0.455. The maximum atomic E-state index is 12.6. The highest BCUT2D eigenvalue weighted by molar-refractivity contribution is 7.89. The highest BCUT2D eigenvalue weighted by Gasteiger charge is 2.28. The van der Waals surface area contributed by atoms with Gasteiger partial charge in [-0.05, 0) is 14.0 Å². The molecule has 2 heterocycles. The molecule has 2 rings (SSSR count). The van der Waals surface area contributed by atoms with Gasteiger partial charge in [-0.1, -0.05) is 0 Å². The van der Waals surface area contributed by atoms with Gasteiger partial charge in [0, 0.05) is 19.0 Å². The average Bonchev–Trinajstić information content (AvgIpc) is 3.00. The van der Waals surface area contributed by atoms with E-state index in [2.05, 4.69) is 20.5 Å². The van der Waals surface area contributed by atoms with Crippen LogP contribution in [0.4, 0.5) is 0 Å². The van der Waals surface area contributed by atoms with Crippen LogP contribution in [-0.4, -0.2) is 42.0 Å². The van der Waals surface area contributed by atoms with E-state index in [-0.39, 0.29) is 11.4 Å². The summed E-state index contributed by atoms with van der Waals surface area (Å²) in [5.74, 6) is 0. The Hall–Kier alpha value is -1.29. The van der Waals surface area contributed by atoms with Crippen molar-refractivity contribution in [2.75, 3.05) is 14.1 Å². The van der Waals surface area contributed by atoms with Crippen molar-refractivity contribution in [3.63, 3.8) is 0 Å². The average molecular weight is 315 g/mol. The molecule has 0 spiro atoms. The van der Waals surface area contributed by atoms with Crippen LogP contribution in [0.3, 0.4) is 0 Å². The maximum absolute atomic E-state index is 12.6. The molecule has 0 fully saturated rings. The third kappa shape index (κ3) is 2.90. The number of nitrogens with zero attached hydrogens (tertiary/aromatic N) is 3. The zero-order chi connectivity index (χ0) is 14.8. The van der Waals surface area contributed by atoms with Crippen LogP contribution in [0.1, 0.15) is 17.1 Å². The Morgan fingerprint density at radius 1 is 1.50 bits per heavy atom. The third-order valence-electron chi connectivity index (χ3n) is 2.84. The molecule has 7 nitrogen and oxygen atoms in total. The van der Waals surface area contributed by atoms with Gasteiger partial charge in [-0.25, -0.2) is 13.4 Å². The summed E-state index contributed by atoms with van der Waals surface area (Å²) in [4.78, 5) is 4.35. The number of hydrogen-bond acceptors (Lipinski definition) is 6. The Morgan fingerprint density at radius 2 is 2.25 bits per heavy atom. The molecule has 9 heteroatoms. The Bertz CT molecular complexity index is 663. The lowest BCUT2D eigenvalue weighted by Crippen LogP contribution is -2.28. The van der Waals surface area contributed by atoms with Gasteiger partial charge in [0.1, 0.15) is 4.90 Å². The van der Waals surface area contributed by atoms with E-state index in [0.29, 0.717) is 17.9 Å². The Labute approximate surface area is 122 Å². The monoisotopic (exact) mass is 315 g/mol. The van der Waals surface area contributed by atoms with Crippen molar-refractivity contribution in [2.24, 2.45) is 0 Å². The number of rotatable bonds is 6. The third-order valence-corrected chi connectivity index (χ3v) is 5.48. The van der Waals surface area contributed by atoms with Crippen molar-refractivity contribution in [3.05, 3.63) is 28.0 Å². The summed E-state index contributed by atoms with van der Waals surface area (Å²) < 4.78 is 26.6. The topological polar surface area (TPSA) is 91.0 Å². The normalized spacial score (nSPS) is 12.2. The Kier molecular flexibility index (Phi) is 4.53. The highest BCUT2D eigenvalue weighted by Crippen LogP contribution is 2.22. The lowest BCUT2D eigenvalue weighted by atomic mass is 10.4. The fourth-order valence-electron chi connectivity index (χ4n) is 1.88. The van der Waals surface area contributed by atoms with Crippen molar-refractivity contribution in [1.29, 1.82) is 0 Å². The van der Waals surface area contributed by atoms with Crippen molar-refractivity contribution in [3.8, 4) is 0 Å². The van der Waals surface area contributed by atoms with E-state index in [4.69, 9.17) is 0 Å². The summed E-state index contributed by atoms with van der Waals surface area (Å²) in [6.45, 7) is 2.34. The smallest absolute Gasteiger partial charge is 0.246 e. The standard InChI is InChI=1S/C11H17N5O2S2/c1-8-11(10(4-12-2)15-14-8)20(17,18)16(3)5-9-6-19-7-13-9/h6-7,12H,4-5H2,1-3H3,(H,14,15). The number of hydrogen-bond donors (Lipinski definition) is 2. The summed E-state index contributed by atoms with van der Waals surface area (Å²) >= 11 is 1.44. The van der Waals surface area contributed by atoms with Gasteiger partial charge in [0.25, 0.3) is 0 Å². The Morgan fingerprint density at radius 3 is 2.85 bits per heavy atom. The first-order valence-electron chi connectivity index (χ1n) is 5.98. The van der Waals surface area contributed by atoms with E-state index in [1.165, 1.54) is 15.6 Å². The molecule has 20 heavy (non-hydrogen) atoms. The minimum Gasteiger partial charge on any atom is -0.314 e. The number of aryl methyl sites for hydroxylation is 1. The molecule has 0 saturated carbocycles. The number of nitrogens with one attached hydrogen (secondary N) is 2. The van der Waals surface area contributed by atoms with Gasteiger partial charge in [-0.15, -0.1) is 11.3 Å². The molecule has 0 radical (unpaired) electrons. The lowest BCUT2D eigenvalue weighted by Gasteiger charge is -2.16. The van der Waals surface area contributed by atoms with Crippen LogP contribution < -0.4 is 5.32 Å². The van der Waals surface area contributed by atoms with Crippen LogP contribution in [0, 0.1) is 6.92 Å². The molecule has 0 atom stereocenters. The summed E-state index contributed by atoms with van der Waals surface area (Å²) in [6, 6.07) is 0. The molecule has 0 saturated heterocycles. The minimum atomic E-state index is -3.59. The quantitative estimate of drug-likeness (QED) is 0.819.